The first kappa shape index (κ1) is 25.3. The molecule has 0 bridgehead atoms. The van der Waals surface area contributed by atoms with E-state index in [2.05, 4.69) is 42.1 Å². The Morgan fingerprint density at radius 3 is 2.55 bits per heavy atom. The summed E-state index contributed by atoms with van der Waals surface area (Å²) < 4.78 is 35.6. The Morgan fingerprint density at radius 1 is 1.11 bits per heavy atom. The predicted octanol–water partition coefficient (Wildman–Crippen LogP) is 3.93. The van der Waals surface area contributed by atoms with Crippen LogP contribution in [0.2, 0.25) is 0 Å². The summed E-state index contributed by atoms with van der Waals surface area (Å²) in [4.78, 5) is 34.5. The van der Waals surface area contributed by atoms with E-state index in [0.717, 1.165) is 37.9 Å². The SMILES string of the molecule is Cc1cc2c(F)c(Oc3ncnc(Nc4ccc(N5CCN(C)CC5)cn4)c3C(=O)N(C)C)cc(F)c2[nH]1. The minimum absolute atomic E-state index is 0.0353. The van der Waals surface area contributed by atoms with Crippen LogP contribution in [0.3, 0.4) is 0 Å². The fourth-order valence-electron chi connectivity index (χ4n) is 4.30. The molecule has 1 saturated heterocycles. The number of piperazine rings is 1. The number of aromatic nitrogens is 4. The van der Waals surface area contributed by atoms with Gasteiger partial charge >= 0.3 is 0 Å². The number of nitrogens with one attached hydrogen (secondary N) is 2. The first-order valence-electron chi connectivity index (χ1n) is 12.1. The van der Waals surface area contributed by atoms with Gasteiger partial charge < -0.3 is 29.7 Å². The van der Waals surface area contributed by atoms with E-state index in [4.69, 9.17) is 4.74 Å². The molecule has 0 atom stereocenters. The highest BCUT2D eigenvalue weighted by Crippen LogP contribution is 2.35. The van der Waals surface area contributed by atoms with Crippen LogP contribution in [0.15, 0.2) is 36.8 Å². The van der Waals surface area contributed by atoms with E-state index in [9.17, 15) is 9.18 Å². The molecular formula is C26H28F2N8O2. The van der Waals surface area contributed by atoms with Crippen LogP contribution in [0.25, 0.3) is 10.9 Å². The Hall–Kier alpha value is -4.32. The van der Waals surface area contributed by atoms with Crippen molar-refractivity contribution in [3.63, 3.8) is 0 Å². The second-order valence-corrected chi connectivity index (χ2v) is 9.43. The minimum atomic E-state index is -0.775. The monoisotopic (exact) mass is 522 g/mol. The third kappa shape index (κ3) is 4.94. The summed E-state index contributed by atoms with van der Waals surface area (Å²) in [5.41, 5.74) is 1.58. The molecule has 3 aromatic heterocycles. The number of aromatic amines is 1. The first-order valence-corrected chi connectivity index (χ1v) is 12.1. The number of nitrogens with zero attached hydrogens (tertiary/aromatic N) is 6. The number of likely N-dealkylation sites (N-methyl/N-ethyl adjacent to an activating group) is 1. The van der Waals surface area contributed by atoms with Crippen molar-refractivity contribution in [2.24, 2.45) is 0 Å². The van der Waals surface area contributed by atoms with Gasteiger partial charge in [0.05, 0.1) is 17.4 Å². The lowest BCUT2D eigenvalue weighted by Gasteiger charge is -2.33. The van der Waals surface area contributed by atoms with Gasteiger partial charge in [0.2, 0.25) is 5.88 Å². The number of rotatable bonds is 6. The highest BCUT2D eigenvalue weighted by molar-refractivity contribution is 6.01. The average molecular weight is 523 g/mol. The topological polar surface area (TPSA) is 103 Å². The van der Waals surface area contributed by atoms with E-state index in [0.29, 0.717) is 11.5 Å². The molecule has 4 aromatic rings. The molecule has 4 heterocycles. The third-order valence-electron chi connectivity index (χ3n) is 6.40. The first-order chi connectivity index (χ1) is 18.2. The average Bonchev–Trinajstić information content (AvgIpc) is 3.30. The Balaban J connectivity index is 1.46. The number of hydrogen-bond acceptors (Lipinski definition) is 8. The highest BCUT2D eigenvalue weighted by atomic mass is 19.1. The number of H-pyrrole nitrogens is 1. The number of ether oxygens (including phenoxy) is 1. The van der Waals surface area contributed by atoms with E-state index < -0.39 is 23.3 Å². The van der Waals surface area contributed by atoms with Gasteiger partial charge in [-0.1, -0.05) is 0 Å². The number of hydrogen-bond donors (Lipinski definition) is 2. The molecule has 1 aliphatic heterocycles. The lowest BCUT2D eigenvalue weighted by Crippen LogP contribution is -2.44. The Labute approximate surface area is 218 Å². The van der Waals surface area contributed by atoms with Crippen LogP contribution in [-0.4, -0.2) is 83.0 Å². The largest absolute Gasteiger partial charge is 0.435 e. The van der Waals surface area contributed by atoms with E-state index in [1.54, 1.807) is 33.3 Å². The van der Waals surface area contributed by atoms with Crippen molar-refractivity contribution >= 4 is 34.1 Å². The zero-order valence-electron chi connectivity index (χ0n) is 21.5. The molecule has 0 saturated carbocycles. The summed E-state index contributed by atoms with van der Waals surface area (Å²) in [6, 6.07) is 6.14. The minimum Gasteiger partial charge on any atom is -0.435 e. The fourth-order valence-corrected chi connectivity index (χ4v) is 4.30. The van der Waals surface area contributed by atoms with Gasteiger partial charge in [-0.25, -0.2) is 23.7 Å². The molecule has 2 N–H and O–H groups in total. The summed E-state index contributed by atoms with van der Waals surface area (Å²) in [7, 11) is 5.21. The van der Waals surface area contributed by atoms with E-state index in [1.807, 2.05) is 6.07 Å². The van der Waals surface area contributed by atoms with Gasteiger partial charge in [-0.3, -0.25) is 4.79 Å². The molecule has 12 heteroatoms. The molecule has 0 unspecified atom stereocenters. The number of halogens is 2. The number of carbonyl (C=O) groups excluding carboxylic acids is 1. The van der Waals surface area contributed by atoms with Gasteiger partial charge in [0, 0.05) is 57.4 Å². The van der Waals surface area contributed by atoms with Gasteiger partial charge in [0.1, 0.15) is 17.7 Å². The number of carbonyl (C=O) groups is 1. The third-order valence-corrected chi connectivity index (χ3v) is 6.40. The van der Waals surface area contributed by atoms with Crippen molar-refractivity contribution in [3.8, 4) is 11.6 Å². The molecule has 0 radical (unpaired) electrons. The molecule has 198 valence electrons. The van der Waals surface area contributed by atoms with Crippen LogP contribution in [0.4, 0.5) is 26.1 Å². The maximum atomic E-state index is 15.2. The van der Waals surface area contributed by atoms with Crippen LogP contribution in [0.5, 0.6) is 11.6 Å². The van der Waals surface area contributed by atoms with Crippen molar-refractivity contribution in [3.05, 3.63) is 59.7 Å². The van der Waals surface area contributed by atoms with Crippen LogP contribution in [-0.2, 0) is 0 Å². The number of fused-ring (bicyclic) bond motifs is 1. The summed E-state index contributed by atoms with van der Waals surface area (Å²) in [6.45, 7) is 5.46. The molecule has 0 aliphatic carbocycles. The van der Waals surface area contributed by atoms with E-state index in [1.165, 1.54) is 17.3 Å². The van der Waals surface area contributed by atoms with Crippen molar-refractivity contribution in [1.29, 1.82) is 0 Å². The lowest BCUT2D eigenvalue weighted by atomic mass is 10.2. The Morgan fingerprint density at radius 2 is 1.87 bits per heavy atom. The molecule has 10 nitrogen and oxygen atoms in total. The van der Waals surface area contributed by atoms with Gasteiger partial charge in [0.15, 0.2) is 23.2 Å². The van der Waals surface area contributed by atoms with Gasteiger partial charge in [-0.15, -0.1) is 0 Å². The van der Waals surface area contributed by atoms with E-state index >= 15 is 4.39 Å². The zero-order valence-corrected chi connectivity index (χ0v) is 21.5. The van der Waals surface area contributed by atoms with E-state index in [-0.39, 0.29) is 28.2 Å². The molecule has 1 aromatic carbocycles. The molecule has 1 fully saturated rings. The maximum Gasteiger partial charge on any atom is 0.262 e. The van der Waals surface area contributed by atoms with Crippen LogP contribution < -0.4 is 15.0 Å². The van der Waals surface area contributed by atoms with Crippen LogP contribution in [0.1, 0.15) is 16.1 Å². The van der Waals surface area contributed by atoms with Gasteiger partial charge in [0.25, 0.3) is 5.91 Å². The quantitative estimate of drug-likeness (QED) is 0.393. The number of pyridine rings is 1. The summed E-state index contributed by atoms with van der Waals surface area (Å²) in [6.07, 6.45) is 2.93. The van der Waals surface area contributed by atoms with Crippen molar-refractivity contribution in [2.45, 2.75) is 6.92 Å². The van der Waals surface area contributed by atoms with Crippen molar-refractivity contribution in [1.82, 2.24) is 29.7 Å². The highest BCUT2D eigenvalue weighted by Gasteiger charge is 2.25. The molecule has 5 rings (SSSR count). The Bertz CT molecular complexity index is 1480. The van der Waals surface area contributed by atoms with Crippen molar-refractivity contribution < 1.29 is 18.3 Å². The number of anilines is 3. The Kier molecular flexibility index (Phi) is 6.81. The number of amides is 1. The van der Waals surface area contributed by atoms with Crippen molar-refractivity contribution in [2.75, 3.05) is 57.5 Å². The molecular weight excluding hydrogens is 494 g/mol. The summed E-state index contributed by atoms with van der Waals surface area (Å²) in [5.74, 6) is -2.02. The second kappa shape index (κ2) is 10.2. The molecule has 38 heavy (non-hydrogen) atoms. The van der Waals surface area contributed by atoms with Crippen LogP contribution in [0, 0.1) is 18.6 Å². The lowest BCUT2D eigenvalue weighted by molar-refractivity contribution is 0.0825. The van der Waals surface area contributed by atoms with Crippen LogP contribution >= 0.6 is 0 Å². The maximum absolute atomic E-state index is 15.2. The molecule has 1 aliphatic rings. The zero-order chi connectivity index (χ0) is 27.0. The fraction of sp³-hybridized carbons (Fsp3) is 0.308. The smallest absolute Gasteiger partial charge is 0.262 e. The summed E-state index contributed by atoms with van der Waals surface area (Å²) in [5, 5.41) is 3.08. The second-order valence-electron chi connectivity index (χ2n) is 9.43. The number of aryl methyl sites for hydroxylation is 1. The van der Waals surface area contributed by atoms with Gasteiger partial charge in [-0.05, 0) is 32.2 Å². The summed E-state index contributed by atoms with van der Waals surface area (Å²) >= 11 is 0. The number of benzene rings is 1. The molecule has 1 amide bonds. The standard InChI is InChI=1S/C26H28F2N8O2/c1-15-11-17-22(28)19(12-18(27)23(17)32-15)38-25-21(26(37)34(2)3)24(30-14-31-25)33-20-6-5-16(13-29-20)36-9-7-35(4)8-10-36/h5-6,11-14,32H,7-10H2,1-4H3,(H,29,30,31,33). The van der Waals surface area contributed by atoms with Gasteiger partial charge in [-0.2, -0.15) is 0 Å². The predicted molar refractivity (Wildman–Crippen MR) is 140 cm³/mol. The normalized spacial score (nSPS) is 14.1. The molecule has 0 spiro atoms.